The Kier molecular flexibility index (Phi) is 8.02. The summed E-state index contributed by atoms with van der Waals surface area (Å²) in [6.07, 6.45) is 6.61. The van der Waals surface area contributed by atoms with Crippen LogP contribution in [-0.4, -0.2) is 23.4 Å². The average Bonchev–Trinajstić information content (AvgIpc) is 2.64. The zero-order valence-electron chi connectivity index (χ0n) is 15.5. The van der Waals surface area contributed by atoms with Crippen molar-refractivity contribution >= 4 is 47.3 Å². The maximum atomic E-state index is 11.9. The number of nitrogens with zero attached hydrogens (tertiary/aromatic N) is 2. The summed E-state index contributed by atoms with van der Waals surface area (Å²) in [7, 11) is 0. The predicted octanol–water partition coefficient (Wildman–Crippen LogP) is 3.64. The molecule has 1 amide bonds. The molecule has 0 spiro atoms. The molecule has 4 N–H and O–H groups in total. The Hall–Kier alpha value is -2.16. The number of benzene rings is 1. The molecule has 0 atom stereocenters. The van der Waals surface area contributed by atoms with Gasteiger partial charge in [0.1, 0.15) is 5.82 Å². The van der Waals surface area contributed by atoms with Gasteiger partial charge in [0.15, 0.2) is 5.96 Å². The van der Waals surface area contributed by atoms with Gasteiger partial charge < -0.3 is 16.4 Å². The number of aromatic nitrogens is 1. The standard InChI is InChI=1S/C20H25N5O.HI/c1-14-9-10-18(23-13-14)25-19(26)11-12-22-20(21)24-17-8-4-6-15-5-2-3-7-16(15)17;/h4,6,8-10,13H,2-3,5,7,11-12H2,1H3,(H3,21,22,24)(H,23,25,26);1H. The van der Waals surface area contributed by atoms with Crippen molar-refractivity contribution in [3.63, 3.8) is 0 Å². The molecular formula is C20H26IN5O. The minimum atomic E-state index is -0.130. The molecule has 0 unspecified atom stereocenters. The van der Waals surface area contributed by atoms with Gasteiger partial charge in [-0.15, -0.1) is 24.0 Å². The molecule has 0 aliphatic heterocycles. The van der Waals surface area contributed by atoms with Crippen molar-refractivity contribution in [1.29, 1.82) is 0 Å². The van der Waals surface area contributed by atoms with Crippen molar-refractivity contribution in [2.24, 2.45) is 10.7 Å². The molecule has 1 aliphatic rings. The van der Waals surface area contributed by atoms with Crippen molar-refractivity contribution in [2.45, 2.75) is 39.0 Å². The monoisotopic (exact) mass is 479 g/mol. The van der Waals surface area contributed by atoms with Crippen molar-refractivity contribution in [3.05, 3.63) is 53.2 Å². The number of rotatable bonds is 5. The maximum Gasteiger partial charge on any atom is 0.227 e. The van der Waals surface area contributed by atoms with Crippen LogP contribution in [0.3, 0.4) is 0 Å². The summed E-state index contributed by atoms with van der Waals surface area (Å²) in [5.41, 5.74) is 10.8. The van der Waals surface area contributed by atoms with E-state index < -0.39 is 0 Å². The third-order valence-corrected chi connectivity index (χ3v) is 4.46. The highest BCUT2D eigenvalue weighted by atomic mass is 127. The largest absolute Gasteiger partial charge is 0.370 e. The Balaban J connectivity index is 0.00000261. The number of aliphatic imine (C=N–C) groups is 1. The molecule has 27 heavy (non-hydrogen) atoms. The smallest absolute Gasteiger partial charge is 0.227 e. The number of guanidine groups is 1. The molecule has 1 aromatic heterocycles. The molecule has 6 nitrogen and oxygen atoms in total. The van der Waals surface area contributed by atoms with Crippen LogP contribution in [0.4, 0.5) is 11.5 Å². The summed E-state index contributed by atoms with van der Waals surface area (Å²) < 4.78 is 0. The van der Waals surface area contributed by atoms with Crippen LogP contribution in [-0.2, 0) is 17.6 Å². The highest BCUT2D eigenvalue weighted by molar-refractivity contribution is 14.0. The maximum absolute atomic E-state index is 11.9. The van der Waals surface area contributed by atoms with Gasteiger partial charge >= 0.3 is 0 Å². The first-order valence-corrected chi connectivity index (χ1v) is 9.02. The number of fused-ring (bicyclic) bond motifs is 1. The number of hydrogen-bond acceptors (Lipinski definition) is 3. The number of halogens is 1. The minimum Gasteiger partial charge on any atom is -0.370 e. The fourth-order valence-corrected chi connectivity index (χ4v) is 3.10. The molecule has 3 rings (SSSR count). The summed E-state index contributed by atoms with van der Waals surface area (Å²) in [6.45, 7) is 2.28. The van der Waals surface area contributed by atoms with Gasteiger partial charge in [-0.25, -0.2) is 4.98 Å². The van der Waals surface area contributed by atoms with Gasteiger partial charge in [0.05, 0.1) is 6.54 Å². The first kappa shape index (κ1) is 21.1. The predicted molar refractivity (Wildman–Crippen MR) is 121 cm³/mol. The Morgan fingerprint density at radius 3 is 2.78 bits per heavy atom. The summed E-state index contributed by atoms with van der Waals surface area (Å²) in [6, 6.07) is 9.94. The molecule has 0 bridgehead atoms. The quantitative estimate of drug-likeness (QED) is 0.347. The second-order valence-corrected chi connectivity index (χ2v) is 6.56. The third-order valence-electron chi connectivity index (χ3n) is 4.46. The summed E-state index contributed by atoms with van der Waals surface area (Å²) >= 11 is 0. The van der Waals surface area contributed by atoms with Gasteiger partial charge in [0, 0.05) is 18.3 Å². The fraction of sp³-hybridized carbons (Fsp3) is 0.350. The normalized spacial score (nSPS) is 13.3. The van der Waals surface area contributed by atoms with Crippen LogP contribution < -0.4 is 16.4 Å². The van der Waals surface area contributed by atoms with Gasteiger partial charge in [-0.3, -0.25) is 9.79 Å². The minimum absolute atomic E-state index is 0. The van der Waals surface area contributed by atoms with Crippen LogP contribution in [0.15, 0.2) is 41.5 Å². The lowest BCUT2D eigenvalue weighted by Gasteiger charge is -2.19. The molecule has 1 heterocycles. The number of hydrogen-bond donors (Lipinski definition) is 3. The Bertz CT molecular complexity index is 805. The number of pyridine rings is 1. The van der Waals surface area contributed by atoms with Crippen molar-refractivity contribution < 1.29 is 4.79 Å². The Labute approximate surface area is 177 Å². The zero-order valence-corrected chi connectivity index (χ0v) is 17.8. The molecule has 144 valence electrons. The van der Waals surface area contributed by atoms with E-state index in [1.54, 1.807) is 12.3 Å². The van der Waals surface area contributed by atoms with Gasteiger partial charge in [-0.1, -0.05) is 18.2 Å². The summed E-state index contributed by atoms with van der Waals surface area (Å²) in [5.74, 6) is 0.756. The summed E-state index contributed by atoms with van der Waals surface area (Å²) in [4.78, 5) is 20.4. The number of nitrogens with one attached hydrogen (secondary N) is 2. The van der Waals surface area contributed by atoms with Crippen LogP contribution >= 0.6 is 24.0 Å². The van der Waals surface area contributed by atoms with E-state index in [4.69, 9.17) is 5.73 Å². The van der Waals surface area contributed by atoms with Gasteiger partial charge in [-0.05, 0) is 61.4 Å². The molecule has 1 aromatic carbocycles. The van der Waals surface area contributed by atoms with E-state index in [2.05, 4.69) is 26.7 Å². The number of carbonyl (C=O) groups excluding carboxylic acids is 1. The molecule has 0 saturated carbocycles. The van der Waals surface area contributed by atoms with E-state index >= 15 is 0 Å². The van der Waals surface area contributed by atoms with Gasteiger partial charge in [0.25, 0.3) is 0 Å². The molecule has 0 saturated heterocycles. The Morgan fingerprint density at radius 1 is 1.19 bits per heavy atom. The topological polar surface area (TPSA) is 92.4 Å². The second-order valence-electron chi connectivity index (χ2n) is 6.56. The SMILES string of the molecule is Cc1ccc(NC(=O)CCN=C(N)Nc2cccc3c2CCCC3)nc1.I. The van der Waals surface area contributed by atoms with Crippen molar-refractivity contribution in [2.75, 3.05) is 17.2 Å². The molecule has 7 heteroatoms. The Morgan fingerprint density at radius 2 is 2.00 bits per heavy atom. The van der Waals surface area contributed by atoms with Gasteiger partial charge in [-0.2, -0.15) is 0 Å². The fourth-order valence-electron chi connectivity index (χ4n) is 3.10. The van der Waals surface area contributed by atoms with Crippen LogP contribution in [0.2, 0.25) is 0 Å². The molecule has 1 aliphatic carbocycles. The van der Waals surface area contributed by atoms with Crippen molar-refractivity contribution in [1.82, 2.24) is 4.98 Å². The van der Waals surface area contributed by atoms with E-state index in [1.165, 1.54) is 24.0 Å². The third kappa shape index (κ3) is 6.20. The number of amides is 1. The van der Waals surface area contributed by atoms with Crippen LogP contribution in [0.1, 0.15) is 36.0 Å². The highest BCUT2D eigenvalue weighted by Crippen LogP contribution is 2.27. The lowest BCUT2D eigenvalue weighted by Crippen LogP contribution is -2.25. The molecule has 2 aromatic rings. The van der Waals surface area contributed by atoms with Crippen molar-refractivity contribution in [3.8, 4) is 0 Å². The first-order valence-electron chi connectivity index (χ1n) is 9.02. The van der Waals surface area contributed by atoms with E-state index in [9.17, 15) is 4.79 Å². The van der Waals surface area contributed by atoms with Crippen LogP contribution in [0, 0.1) is 6.92 Å². The molecule has 0 radical (unpaired) electrons. The number of anilines is 2. The zero-order chi connectivity index (χ0) is 18.4. The highest BCUT2D eigenvalue weighted by Gasteiger charge is 2.13. The average molecular weight is 479 g/mol. The van der Waals surface area contributed by atoms with Gasteiger partial charge in [0.2, 0.25) is 5.91 Å². The number of aryl methyl sites for hydroxylation is 2. The van der Waals surface area contributed by atoms with E-state index in [1.807, 2.05) is 25.1 Å². The van der Waals surface area contributed by atoms with E-state index in [0.717, 1.165) is 24.1 Å². The van der Waals surface area contributed by atoms with E-state index in [-0.39, 0.29) is 36.3 Å². The number of nitrogens with two attached hydrogens (primary N) is 1. The molecule has 0 fully saturated rings. The second kappa shape index (κ2) is 10.2. The van der Waals surface area contributed by atoms with Crippen LogP contribution in [0.25, 0.3) is 0 Å². The molecular weight excluding hydrogens is 453 g/mol. The van der Waals surface area contributed by atoms with Crippen LogP contribution in [0.5, 0.6) is 0 Å². The lowest BCUT2D eigenvalue weighted by molar-refractivity contribution is -0.116. The first-order chi connectivity index (χ1) is 12.6. The lowest BCUT2D eigenvalue weighted by atomic mass is 9.90. The number of carbonyl (C=O) groups is 1. The summed E-state index contributed by atoms with van der Waals surface area (Å²) in [5, 5.41) is 5.94. The van der Waals surface area contributed by atoms with E-state index in [0.29, 0.717) is 18.3 Å².